The number of ether oxygens (including phenoxy) is 2. The molecule has 1 rings (SSSR count). The number of amides is 1. The van der Waals surface area contributed by atoms with Crippen molar-refractivity contribution in [1.29, 1.82) is 0 Å². The van der Waals surface area contributed by atoms with Crippen LogP contribution in [0.5, 0.6) is 5.75 Å². The Balaban J connectivity index is 2.91. The van der Waals surface area contributed by atoms with Crippen LogP contribution in [-0.2, 0) is 15.6 Å². The van der Waals surface area contributed by atoms with Crippen molar-refractivity contribution in [2.24, 2.45) is 0 Å². The summed E-state index contributed by atoms with van der Waals surface area (Å²) in [5, 5.41) is 0. The molecule has 27 heavy (non-hydrogen) atoms. The average molecular weight is 394 g/mol. The maximum absolute atomic E-state index is 12.3. The highest BCUT2D eigenvalue weighted by atomic mass is 28.4. The summed E-state index contributed by atoms with van der Waals surface area (Å²) in [5.41, 5.74) is 1.09. The minimum absolute atomic E-state index is 0.0184. The SMILES string of the molecule is C=CCc1ccccc1OCC(CN(C(=O)OCC)C(C)C)O[Si](C)(C)C. The second-order valence-corrected chi connectivity index (χ2v) is 12.2. The minimum atomic E-state index is -1.82. The van der Waals surface area contributed by atoms with E-state index in [-0.39, 0.29) is 18.2 Å². The Kier molecular flexibility index (Phi) is 9.59. The summed E-state index contributed by atoms with van der Waals surface area (Å²) in [6.45, 7) is 17.1. The number of nitrogens with zero attached hydrogens (tertiary/aromatic N) is 1. The Morgan fingerprint density at radius 3 is 2.48 bits per heavy atom. The molecular weight excluding hydrogens is 358 g/mol. The largest absolute Gasteiger partial charge is 0.491 e. The molecule has 0 aliphatic carbocycles. The lowest BCUT2D eigenvalue weighted by Gasteiger charge is -2.33. The fourth-order valence-corrected chi connectivity index (χ4v) is 3.84. The molecule has 0 saturated carbocycles. The molecule has 0 saturated heterocycles. The average Bonchev–Trinajstić information content (AvgIpc) is 2.57. The Hall–Kier alpha value is -1.79. The van der Waals surface area contributed by atoms with Gasteiger partial charge in [-0.3, -0.25) is 0 Å². The first-order valence-electron chi connectivity index (χ1n) is 9.60. The van der Waals surface area contributed by atoms with Gasteiger partial charge in [0.05, 0.1) is 19.3 Å². The number of hydrogen-bond donors (Lipinski definition) is 0. The lowest BCUT2D eigenvalue weighted by molar-refractivity contribution is 0.0518. The zero-order valence-corrected chi connectivity index (χ0v) is 18.7. The first-order chi connectivity index (χ1) is 12.7. The van der Waals surface area contributed by atoms with Gasteiger partial charge in [-0.1, -0.05) is 24.3 Å². The summed E-state index contributed by atoms with van der Waals surface area (Å²) in [7, 11) is -1.82. The van der Waals surface area contributed by atoms with Crippen molar-refractivity contribution in [1.82, 2.24) is 4.90 Å². The van der Waals surface area contributed by atoms with Crippen molar-refractivity contribution in [3.05, 3.63) is 42.5 Å². The van der Waals surface area contributed by atoms with Crippen molar-refractivity contribution in [2.75, 3.05) is 19.8 Å². The maximum Gasteiger partial charge on any atom is 0.410 e. The molecule has 1 aromatic carbocycles. The van der Waals surface area contributed by atoms with Crippen LogP contribution in [0.1, 0.15) is 26.3 Å². The molecule has 6 heteroatoms. The molecule has 0 aromatic heterocycles. The minimum Gasteiger partial charge on any atom is -0.491 e. The van der Waals surface area contributed by atoms with Crippen LogP contribution in [-0.4, -0.2) is 51.2 Å². The zero-order chi connectivity index (χ0) is 20.4. The van der Waals surface area contributed by atoms with Gasteiger partial charge in [-0.2, -0.15) is 0 Å². The van der Waals surface area contributed by atoms with Crippen LogP contribution in [0.4, 0.5) is 4.79 Å². The molecule has 0 N–H and O–H groups in total. The molecule has 152 valence electrons. The Bertz CT molecular complexity index is 598. The maximum atomic E-state index is 12.3. The lowest BCUT2D eigenvalue weighted by atomic mass is 10.1. The van der Waals surface area contributed by atoms with Crippen LogP contribution in [0.25, 0.3) is 0 Å². The quantitative estimate of drug-likeness (QED) is 0.397. The van der Waals surface area contributed by atoms with Gasteiger partial charge in [0.2, 0.25) is 0 Å². The summed E-state index contributed by atoms with van der Waals surface area (Å²) >= 11 is 0. The van der Waals surface area contributed by atoms with Gasteiger partial charge >= 0.3 is 6.09 Å². The third-order valence-corrected chi connectivity index (χ3v) is 4.85. The first-order valence-corrected chi connectivity index (χ1v) is 13.0. The fraction of sp³-hybridized carbons (Fsp3) is 0.571. The summed E-state index contributed by atoms with van der Waals surface area (Å²) in [5.74, 6) is 0.828. The van der Waals surface area contributed by atoms with E-state index in [4.69, 9.17) is 13.9 Å². The van der Waals surface area contributed by atoms with Crippen LogP contribution in [0.2, 0.25) is 19.6 Å². The molecular formula is C21H35NO4Si. The number of hydrogen-bond acceptors (Lipinski definition) is 4. The molecule has 0 aliphatic rings. The molecule has 0 radical (unpaired) electrons. The summed E-state index contributed by atoms with van der Waals surface area (Å²) in [4.78, 5) is 14.0. The van der Waals surface area contributed by atoms with Crippen LogP contribution < -0.4 is 4.74 Å². The van der Waals surface area contributed by atoms with Crippen molar-refractivity contribution in [3.8, 4) is 5.75 Å². The van der Waals surface area contributed by atoms with Gasteiger partial charge in [-0.15, -0.1) is 6.58 Å². The van der Waals surface area contributed by atoms with E-state index in [0.29, 0.717) is 19.8 Å². The van der Waals surface area contributed by atoms with Crippen molar-refractivity contribution < 1.29 is 18.7 Å². The van der Waals surface area contributed by atoms with E-state index >= 15 is 0 Å². The van der Waals surface area contributed by atoms with Gasteiger partial charge in [0.15, 0.2) is 8.32 Å². The van der Waals surface area contributed by atoms with Crippen molar-refractivity contribution in [3.63, 3.8) is 0 Å². The summed E-state index contributed by atoms with van der Waals surface area (Å²) in [6, 6.07) is 7.95. The number of carbonyl (C=O) groups is 1. The molecule has 0 heterocycles. The predicted molar refractivity (Wildman–Crippen MR) is 113 cm³/mol. The van der Waals surface area contributed by atoms with E-state index in [1.54, 1.807) is 4.90 Å². The van der Waals surface area contributed by atoms with Crippen LogP contribution in [0.3, 0.4) is 0 Å². The van der Waals surface area contributed by atoms with Crippen LogP contribution in [0, 0.1) is 0 Å². The summed E-state index contributed by atoms with van der Waals surface area (Å²) in [6.07, 6.45) is 2.07. The number of allylic oxidation sites excluding steroid dienone is 1. The fourth-order valence-electron chi connectivity index (χ4n) is 2.70. The molecule has 1 aromatic rings. The molecule has 0 aliphatic heterocycles. The third-order valence-electron chi connectivity index (χ3n) is 3.81. The Morgan fingerprint density at radius 2 is 1.93 bits per heavy atom. The molecule has 1 atom stereocenters. The first kappa shape index (κ1) is 23.2. The van der Waals surface area contributed by atoms with Gasteiger partial charge < -0.3 is 18.8 Å². The standard InChI is InChI=1S/C21H35NO4Si/c1-8-12-18-13-10-11-14-20(18)25-16-19(26-27(5,6)7)15-22(17(3)4)21(23)24-9-2/h8,10-11,13-14,17,19H,1,9,12,15-16H2,2-7H3. The monoisotopic (exact) mass is 393 g/mol. The second-order valence-electron chi connectivity index (χ2n) is 7.71. The normalized spacial score (nSPS) is 12.6. The molecule has 1 amide bonds. The van der Waals surface area contributed by atoms with E-state index in [2.05, 4.69) is 26.2 Å². The van der Waals surface area contributed by atoms with E-state index in [1.807, 2.05) is 51.1 Å². The number of para-hydroxylation sites is 1. The predicted octanol–water partition coefficient (Wildman–Crippen LogP) is 4.88. The number of benzene rings is 1. The van der Waals surface area contributed by atoms with E-state index in [1.165, 1.54) is 0 Å². The van der Waals surface area contributed by atoms with Crippen LogP contribution in [0.15, 0.2) is 36.9 Å². The summed E-state index contributed by atoms with van der Waals surface area (Å²) < 4.78 is 17.6. The van der Waals surface area contributed by atoms with Gasteiger partial charge in [0.25, 0.3) is 0 Å². The third kappa shape index (κ3) is 8.62. The Morgan fingerprint density at radius 1 is 1.26 bits per heavy atom. The van der Waals surface area contributed by atoms with E-state index in [9.17, 15) is 4.79 Å². The molecule has 5 nitrogen and oxygen atoms in total. The molecule has 1 unspecified atom stereocenters. The van der Waals surface area contributed by atoms with Gasteiger partial charge in [0.1, 0.15) is 12.4 Å². The van der Waals surface area contributed by atoms with E-state index < -0.39 is 8.32 Å². The molecule has 0 bridgehead atoms. The van der Waals surface area contributed by atoms with Gasteiger partial charge in [0, 0.05) is 6.04 Å². The number of rotatable bonds is 11. The highest BCUT2D eigenvalue weighted by molar-refractivity contribution is 6.69. The van der Waals surface area contributed by atoms with Crippen molar-refractivity contribution >= 4 is 14.4 Å². The van der Waals surface area contributed by atoms with Crippen molar-refractivity contribution in [2.45, 2.75) is 59.0 Å². The molecule has 0 spiro atoms. The van der Waals surface area contributed by atoms with Gasteiger partial charge in [-0.25, -0.2) is 4.79 Å². The smallest absolute Gasteiger partial charge is 0.410 e. The highest BCUT2D eigenvalue weighted by Crippen LogP contribution is 2.20. The topological polar surface area (TPSA) is 48.0 Å². The lowest BCUT2D eigenvalue weighted by Crippen LogP contribution is -2.47. The Labute approximate surface area is 165 Å². The van der Waals surface area contributed by atoms with Crippen LogP contribution >= 0.6 is 0 Å². The zero-order valence-electron chi connectivity index (χ0n) is 17.7. The van der Waals surface area contributed by atoms with Gasteiger partial charge in [-0.05, 0) is 58.5 Å². The molecule has 0 fully saturated rings. The number of carbonyl (C=O) groups excluding carboxylic acids is 1. The second kappa shape index (κ2) is 11.1. The highest BCUT2D eigenvalue weighted by Gasteiger charge is 2.28. The van der Waals surface area contributed by atoms with E-state index in [0.717, 1.165) is 17.7 Å².